The molecule has 0 aromatic heterocycles. The zero-order valence-electron chi connectivity index (χ0n) is 13.8. The highest BCUT2D eigenvalue weighted by atomic mass is 14.9. The lowest BCUT2D eigenvalue weighted by Crippen LogP contribution is -2.08. The topological polar surface area (TPSA) is 24.1 Å². The van der Waals surface area contributed by atoms with Crippen molar-refractivity contribution in [2.45, 2.75) is 32.7 Å². The minimum Gasteiger partial charge on any atom is -0.392 e. The number of benzene rings is 2. The second kappa shape index (κ2) is 8.28. The Morgan fingerprint density at radius 3 is 2.41 bits per heavy atom. The summed E-state index contributed by atoms with van der Waals surface area (Å²) < 4.78 is 0. The van der Waals surface area contributed by atoms with Crippen molar-refractivity contribution in [3.8, 4) is 0 Å². The fourth-order valence-electron chi connectivity index (χ4n) is 2.62. The Kier molecular flexibility index (Phi) is 6.08. The molecule has 1 unspecified atom stereocenters. The Morgan fingerprint density at radius 1 is 1.05 bits per heavy atom. The van der Waals surface area contributed by atoms with Gasteiger partial charge in [0, 0.05) is 30.9 Å². The molecule has 0 fully saturated rings. The van der Waals surface area contributed by atoms with Gasteiger partial charge in [0.1, 0.15) is 0 Å². The van der Waals surface area contributed by atoms with Gasteiger partial charge in [0.25, 0.3) is 0 Å². The van der Waals surface area contributed by atoms with E-state index >= 15 is 0 Å². The number of hydrogen-bond donors (Lipinski definition) is 2. The van der Waals surface area contributed by atoms with Gasteiger partial charge in [-0.25, -0.2) is 0 Å². The van der Waals surface area contributed by atoms with Crippen molar-refractivity contribution in [3.05, 3.63) is 77.5 Å². The summed E-state index contributed by atoms with van der Waals surface area (Å²) in [4.78, 5) is 0. The quantitative estimate of drug-likeness (QED) is 0.757. The van der Waals surface area contributed by atoms with Gasteiger partial charge in [-0.1, -0.05) is 68.5 Å². The van der Waals surface area contributed by atoms with E-state index in [2.05, 4.69) is 79.1 Å². The molecule has 2 N–H and O–H groups in total. The predicted molar refractivity (Wildman–Crippen MR) is 96.1 cm³/mol. The summed E-state index contributed by atoms with van der Waals surface area (Å²) >= 11 is 0. The minimum absolute atomic E-state index is 0.377. The molecule has 2 nitrogen and oxygen atoms in total. The van der Waals surface area contributed by atoms with Crippen LogP contribution in [0.1, 0.15) is 37.3 Å². The van der Waals surface area contributed by atoms with E-state index in [0.29, 0.717) is 5.92 Å². The van der Waals surface area contributed by atoms with Crippen molar-refractivity contribution in [1.82, 2.24) is 5.32 Å². The first kappa shape index (κ1) is 16.2. The molecule has 0 bridgehead atoms. The zero-order valence-corrected chi connectivity index (χ0v) is 13.8. The normalized spacial score (nSPS) is 12.8. The van der Waals surface area contributed by atoms with Crippen LogP contribution in [0.15, 0.2) is 66.4 Å². The number of hydrogen-bond acceptors (Lipinski definition) is 2. The molecule has 22 heavy (non-hydrogen) atoms. The molecule has 0 radical (unpaired) electrons. The highest BCUT2D eigenvalue weighted by Gasteiger charge is 2.08. The maximum absolute atomic E-state index is 3.57. The summed E-state index contributed by atoms with van der Waals surface area (Å²) in [5, 5.41) is 6.84. The van der Waals surface area contributed by atoms with Gasteiger partial charge in [0.15, 0.2) is 0 Å². The number of para-hydroxylation sites is 1. The van der Waals surface area contributed by atoms with E-state index in [4.69, 9.17) is 0 Å². The average Bonchev–Trinajstić information content (AvgIpc) is 2.58. The van der Waals surface area contributed by atoms with Crippen LogP contribution in [0.25, 0.3) is 0 Å². The summed E-state index contributed by atoms with van der Waals surface area (Å²) in [6, 6.07) is 19.1. The molecule has 2 rings (SSSR count). The van der Waals surface area contributed by atoms with Crippen LogP contribution in [-0.4, -0.2) is 7.05 Å². The van der Waals surface area contributed by atoms with Gasteiger partial charge < -0.3 is 10.6 Å². The average molecular weight is 294 g/mol. The first-order valence-corrected chi connectivity index (χ1v) is 7.99. The molecule has 1 atom stereocenters. The van der Waals surface area contributed by atoms with Crippen LogP contribution in [0, 0.1) is 0 Å². The third kappa shape index (κ3) is 4.39. The molecular weight excluding hydrogens is 268 g/mol. The van der Waals surface area contributed by atoms with Gasteiger partial charge in [-0.2, -0.15) is 0 Å². The predicted octanol–water partition coefficient (Wildman–Crippen LogP) is 4.92. The van der Waals surface area contributed by atoms with Crippen LogP contribution in [0.4, 0.5) is 5.69 Å². The van der Waals surface area contributed by atoms with Crippen molar-refractivity contribution >= 4 is 5.69 Å². The first-order chi connectivity index (χ1) is 10.7. The third-order valence-electron chi connectivity index (χ3n) is 3.93. The Balaban J connectivity index is 2.14. The van der Waals surface area contributed by atoms with Crippen LogP contribution >= 0.6 is 0 Å². The first-order valence-electron chi connectivity index (χ1n) is 7.99. The molecule has 0 aliphatic heterocycles. The second-order valence-electron chi connectivity index (χ2n) is 5.51. The fourth-order valence-corrected chi connectivity index (χ4v) is 2.62. The molecule has 0 aliphatic rings. The summed E-state index contributed by atoms with van der Waals surface area (Å²) in [7, 11) is 1.99. The maximum Gasteiger partial charge on any atom is 0.0400 e. The highest BCUT2D eigenvalue weighted by molar-refractivity contribution is 5.54. The van der Waals surface area contributed by atoms with Crippen molar-refractivity contribution in [2.75, 3.05) is 12.4 Å². The van der Waals surface area contributed by atoms with E-state index < -0.39 is 0 Å². The maximum atomic E-state index is 3.57. The lowest BCUT2D eigenvalue weighted by atomic mass is 9.97. The smallest absolute Gasteiger partial charge is 0.0400 e. The molecule has 116 valence electrons. The largest absolute Gasteiger partial charge is 0.392 e. The number of anilines is 1. The van der Waals surface area contributed by atoms with Crippen molar-refractivity contribution in [1.29, 1.82) is 0 Å². The lowest BCUT2D eigenvalue weighted by molar-refractivity contribution is 0.850. The zero-order chi connectivity index (χ0) is 15.8. The van der Waals surface area contributed by atoms with Gasteiger partial charge in [-0.15, -0.1) is 0 Å². The van der Waals surface area contributed by atoms with Crippen LogP contribution in [0.2, 0.25) is 0 Å². The van der Waals surface area contributed by atoms with Crippen molar-refractivity contribution < 1.29 is 0 Å². The van der Waals surface area contributed by atoms with Gasteiger partial charge in [-0.3, -0.25) is 0 Å². The summed E-state index contributed by atoms with van der Waals surface area (Å²) in [6.07, 6.45) is 3.34. The lowest BCUT2D eigenvalue weighted by Gasteiger charge is -2.17. The molecule has 2 aromatic carbocycles. The number of rotatable bonds is 7. The van der Waals surface area contributed by atoms with E-state index in [1.807, 2.05) is 13.1 Å². The molecular formula is C20H26N2. The summed E-state index contributed by atoms with van der Waals surface area (Å²) in [6.45, 7) is 5.27. The molecule has 0 saturated heterocycles. The van der Waals surface area contributed by atoms with Crippen LogP contribution in [-0.2, 0) is 6.54 Å². The molecule has 0 saturated carbocycles. The van der Waals surface area contributed by atoms with E-state index in [-0.39, 0.29) is 0 Å². The second-order valence-corrected chi connectivity index (χ2v) is 5.51. The number of allylic oxidation sites excluding steroid dienone is 2. The molecule has 0 amide bonds. The van der Waals surface area contributed by atoms with Crippen molar-refractivity contribution in [2.24, 2.45) is 0 Å². The minimum atomic E-state index is 0.377. The Hall–Kier alpha value is -2.22. The fraction of sp³-hybridized carbons (Fsp3) is 0.300. The molecule has 0 spiro atoms. The van der Waals surface area contributed by atoms with Gasteiger partial charge in [-0.05, 0) is 23.6 Å². The molecule has 2 heteroatoms. The van der Waals surface area contributed by atoms with E-state index in [1.165, 1.54) is 22.5 Å². The van der Waals surface area contributed by atoms with E-state index in [1.54, 1.807) is 0 Å². The van der Waals surface area contributed by atoms with Crippen LogP contribution in [0.3, 0.4) is 0 Å². The summed E-state index contributed by atoms with van der Waals surface area (Å²) in [5.41, 5.74) is 5.12. The summed E-state index contributed by atoms with van der Waals surface area (Å²) in [5.74, 6) is 0.377. The standard InChI is InChI=1S/C20H26N2/c1-4-18(21-3)14-16(2)19-12-8-9-13-20(19)22-15-17-10-6-5-7-11-17/h5-14,16,21-22H,4,15H2,1-3H3/b18-14+. The van der Waals surface area contributed by atoms with Crippen molar-refractivity contribution in [3.63, 3.8) is 0 Å². The Bertz CT molecular complexity index is 596. The molecule has 0 aliphatic carbocycles. The van der Waals surface area contributed by atoms with Gasteiger partial charge >= 0.3 is 0 Å². The molecule has 0 heterocycles. The van der Waals surface area contributed by atoms with Gasteiger partial charge in [0.05, 0.1) is 0 Å². The van der Waals surface area contributed by atoms with E-state index in [9.17, 15) is 0 Å². The van der Waals surface area contributed by atoms with E-state index in [0.717, 1.165) is 13.0 Å². The SMILES string of the molecule is CC/C(=C\C(C)c1ccccc1NCc1ccccc1)NC. The Morgan fingerprint density at radius 2 is 1.73 bits per heavy atom. The van der Waals surface area contributed by atoms with Crippen LogP contribution in [0.5, 0.6) is 0 Å². The van der Waals surface area contributed by atoms with Gasteiger partial charge in [0.2, 0.25) is 0 Å². The Labute approximate surface area is 134 Å². The monoisotopic (exact) mass is 294 g/mol. The highest BCUT2D eigenvalue weighted by Crippen LogP contribution is 2.26. The molecule has 2 aromatic rings. The van der Waals surface area contributed by atoms with Crippen LogP contribution < -0.4 is 10.6 Å². The number of nitrogens with one attached hydrogen (secondary N) is 2. The third-order valence-corrected chi connectivity index (χ3v) is 3.93.